The van der Waals surface area contributed by atoms with E-state index in [-0.39, 0.29) is 18.0 Å². The lowest BCUT2D eigenvalue weighted by molar-refractivity contribution is -0.148. The average Bonchev–Trinajstić information content (AvgIpc) is 2.31. The fraction of sp³-hybridized carbons (Fsp3) is 0.500. The SMILES string of the molecule is CCC(=O)O[C@@H](C)[C@@H](CC)c1ccccc1. The molecule has 1 aromatic rings. The molecule has 0 saturated carbocycles. The van der Waals surface area contributed by atoms with Crippen molar-refractivity contribution in [2.75, 3.05) is 0 Å². The second-order valence-corrected chi connectivity index (χ2v) is 3.97. The van der Waals surface area contributed by atoms with Crippen LogP contribution in [0.1, 0.15) is 45.1 Å². The van der Waals surface area contributed by atoms with Crippen LogP contribution >= 0.6 is 0 Å². The Hall–Kier alpha value is -1.31. The highest BCUT2D eigenvalue weighted by Gasteiger charge is 2.20. The van der Waals surface area contributed by atoms with Gasteiger partial charge in [0.1, 0.15) is 6.10 Å². The summed E-state index contributed by atoms with van der Waals surface area (Å²) < 4.78 is 5.37. The lowest BCUT2D eigenvalue weighted by atomic mass is 9.92. The molecule has 0 unspecified atom stereocenters. The van der Waals surface area contributed by atoms with Crippen molar-refractivity contribution in [3.63, 3.8) is 0 Å². The highest BCUT2D eigenvalue weighted by molar-refractivity contribution is 5.69. The number of carbonyl (C=O) groups excluding carboxylic acids is 1. The lowest BCUT2D eigenvalue weighted by Crippen LogP contribution is -2.21. The van der Waals surface area contributed by atoms with Crippen molar-refractivity contribution in [2.45, 2.75) is 45.6 Å². The molecule has 2 nitrogen and oxygen atoms in total. The maximum absolute atomic E-state index is 11.3. The van der Waals surface area contributed by atoms with Gasteiger partial charge in [0.25, 0.3) is 0 Å². The second-order valence-electron chi connectivity index (χ2n) is 3.97. The van der Waals surface area contributed by atoms with Crippen LogP contribution in [0.2, 0.25) is 0 Å². The molecule has 0 aliphatic rings. The summed E-state index contributed by atoms with van der Waals surface area (Å²) >= 11 is 0. The molecule has 0 spiro atoms. The predicted octanol–water partition coefficient (Wildman–Crippen LogP) is 3.52. The lowest BCUT2D eigenvalue weighted by Gasteiger charge is -2.23. The van der Waals surface area contributed by atoms with Crippen LogP contribution in [0.25, 0.3) is 0 Å². The Morgan fingerprint density at radius 1 is 1.25 bits per heavy atom. The van der Waals surface area contributed by atoms with Gasteiger partial charge in [-0.25, -0.2) is 0 Å². The van der Waals surface area contributed by atoms with E-state index in [1.54, 1.807) is 0 Å². The monoisotopic (exact) mass is 220 g/mol. The molecule has 0 aliphatic carbocycles. The Morgan fingerprint density at radius 2 is 1.88 bits per heavy atom. The van der Waals surface area contributed by atoms with Crippen molar-refractivity contribution in [3.8, 4) is 0 Å². The molecule has 0 amide bonds. The molecule has 0 bridgehead atoms. The minimum Gasteiger partial charge on any atom is -0.462 e. The molecule has 0 aromatic heterocycles. The van der Waals surface area contributed by atoms with E-state index >= 15 is 0 Å². The molecule has 0 radical (unpaired) electrons. The number of ether oxygens (including phenoxy) is 1. The zero-order valence-electron chi connectivity index (χ0n) is 10.3. The first-order chi connectivity index (χ1) is 7.69. The Morgan fingerprint density at radius 3 is 2.38 bits per heavy atom. The van der Waals surface area contributed by atoms with E-state index < -0.39 is 0 Å². The summed E-state index contributed by atoms with van der Waals surface area (Å²) in [4.78, 5) is 11.3. The van der Waals surface area contributed by atoms with Gasteiger partial charge in [-0.1, -0.05) is 44.2 Å². The van der Waals surface area contributed by atoms with Gasteiger partial charge in [0.05, 0.1) is 0 Å². The maximum atomic E-state index is 11.3. The number of rotatable bonds is 5. The molecule has 2 heteroatoms. The topological polar surface area (TPSA) is 26.3 Å². The molecular formula is C14H20O2. The van der Waals surface area contributed by atoms with Crippen molar-refractivity contribution in [2.24, 2.45) is 0 Å². The highest BCUT2D eigenvalue weighted by Crippen LogP contribution is 2.25. The third-order valence-corrected chi connectivity index (χ3v) is 2.84. The smallest absolute Gasteiger partial charge is 0.305 e. The van der Waals surface area contributed by atoms with Crippen LogP contribution in [-0.4, -0.2) is 12.1 Å². The number of hydrogen-bond acceptors (Lipinski definition) is 2. The molecular weight excluding hydrogens is 200 g/mol. The van der Waals surface area contributed by atoms with Crippen molar-refractivity contribution in [1.29, 1.82) is 0 Å². The summed E-state index contributed by atoms with van der Waals surface area (Å²) in [5, 5.41) is 0. The van der Waals surface area contributed by atoms with E-state index in [1.165, 1.54) is 5.56 Å². The number of carbonyl (C=O) groups is 1. The average molecular weight is 220 g/mol. The van der Waals surface area contributed by atoms with E-state index in [0.29, 0.717) is 6.42 Å². The molecule has 0 aliphatic heterocycles. The third kappa shape index (κ3) is 3.37. The van der Waals surface area contributed by atoms with Crippen LogP contribution in [0.5, 0.6) is 0 Å². The van der Waals surface area contributed by atoms with E-state index in [2.05, 4.69) is 19.1 Å². The Bertz CT molecular complexity index is 319. The molecule has 16 heavy (non-hydrogen) atoms. The number of benzene rings is 1. The Kier molecular flexibility index (Phi) is 5.03. The van der Waals surface area contributed by atoms with Crippen molar-refractivity contribution < 1.29 is 9.53 Å². The minimum atomic E-state index is -0.123. The van der Waals surface area contributed by atoms with E-state index in [1.807, 2.05) is 32.0 Å². The van der Waals surface area contributed by atoms with E-state index in [0.717, 1.165) is 6.42 Å². The Labute approximate surface area is 97.6 Å². The molecule has 0 N–H and O–H groups in total. The summed E-state index contributed by atoms with van der Waals surface area (Å²) in [6.07, 6.45) is 1.36. The zero-order chi connectivity index (χ0) is 12.0. The van der Waals surface area contributed by atoms with Crippen LogP contribution in [0.15, 0.2) is 30.3 Å². The molecule has 0 saturated heterocycles. The summed E-state index contributed by atoms with van der Waals surface area (Å²) in [7, 11) is 0. The van der Waals surface area contributed by atoms with Crippen molar-refractivity contribution in [3.05, 3.63) is 35.9 Å². The van der Waals surface area contributed by atoms with Gasteiger partial charge in [0.2, 0.25) is 0 Å². The first-order valence-electron chi connectivity index (χ1n) is 5.93. The van der Waals surface area contributed by atoms with Gasteiger partial charge in [-0.3, -0.25) is 4.79 Å². The molecule has 88 valence electrons. The first kappa shape index (κ1) is 12.8. The van der Waals surface area contributed by atoms with Crippen LogP contribution < -0.4 is 0 Å². The zero-order valence-corrected chi connectivity index (χ0v) is 10.3. The number of hydrogen-bond donors (Lipinski definition) is 0. The minimum absolute atomic E-state index is 0.0557. The quantitative estimate of drug-likeness (QED) is 0.710. The van der Waals surface area contributed by atoms with Gasteiger partial charge in [0, 0.05) is 12.3 Å². The van der Waals surface area contributed by atoms with Gasteiger partial charge in [-0.15, -0.1) is 0 Å². The van der Waals surface area contributed by atoms with E-state index in [4.69, 9.17) is 4.74 Å². The van der Waals surface area contributed by atoms with Crippen LogP contribution in [-0.2, 0) is 9.53 Å². The van der Waals surface area contributed by atoms with Gasteiger partial charge in [0.15, 0.2) is 0 Å². The normalized spacial score (nSPS) is 14.2. The first-order valence-corrected chi connectivity index (χ1v) is 5.93. The predicted molar refractivity (Wildman–Crippen MR) is 65.3 cm³/mol. The van der Waals surface area contributed by atoms with Gasteiger partial charge in [-0.2, -0.15) is 0 Å². The van der Waals surface area contributed by atoms with Gasteiger partial charge >= 0.3 is 5.97 Å². The summed E-state index contributed by atoms with van der Waals surface area (Å²) in [6, 6.07) is 10.2. The maximum Gasteiger partial charge on any atom is 0.305 e. The standard InChI is InChI=1S/C14H20O2/c1-4-13(11(3)16-14(15)5-2)12-9-7-6-8-10-12/h6-11,13H,4-5H2,1-3H3/t11-,13+/m0/s1. The summed E-state index contributed by atoms with van der Waals surface area (Å²) in [5.74, 6) is 0.165. The Balaban J connectivity index is 2.71. The number of esters is 1. The van der Waals surface area contributed by atoms with Gasteiger partial charge in [-0.05, 0) is 18.9 Å². The fourth-order valence-electron chi connectivity index (χ4n) is 1.91. The van der Waals surface area contributed by atoms with Crippen LogP contribution in [0.4, 0.5) is 0 Å². The third-order valence-electron chi connectivity index (χ3n) is 2.84. The van der Waals surface area contributed by atoms with Gasteiger partial charge < -0.3 is 4.74 Å². The highest BCUT2D eigenvalue weighted by atomic mass is 16.5. The van der Waals surface area contributed by atoms with Crippen molar-refractivity contribution >= 4 is 5.97 Å². The van der Waals surface area contributed by atoms with E-state index in [9.17, 15) is 4.79 Å². The molecule has 0 heterocycles. The van der Waals surface area contributed by atoms with Crippen molar-refractivity contribution in [1.82, 2.24) is 0 Å². The summed E-state index contributed by atoms with van der Waals surface area (Å²) in [6.45, 7) is 5.90. The van der Waals surface area contributed by atoms with Crippen LogP contribution in [0, 0.1) is 0 Å². The molecule has 1 aromatic carbocycles. The molecule has 2 atom stereocenters. The largest absolute Gasteiger partial charge is 0.462 e. The summed E-state index contributed by atoms with van der Waals surface area (Å²) in [5.41, 5.74) is 1.24. The molecule has 0 fully saturated rings. The second kappa shape index (κ2) is 6.31. The molecule has 1 rings (SSSR count). The van der Waals surface area contributed by atoms with Crippen LogP contribution in [0.3, 0.4) is 0 Å². The fourth-order valence-corrected chi connectivity index (χ4v) is 1.91.